The molecule has 0 aliphatic heterocycles. The molecule has 1 fully saturated rings. The zero-order valence-corrected chi connectivity index (χ0v) is 31.2. The van der Waals surface area contributed by atoms with Gasteiger partial charge in [-0.2, -0.15) is 0 Å². The Bertz CT molecular complexity index is 2800. The summed E-state index contributed by atoms with van der Waals surface area (Å²) in [5.74, 6) is 0.771. The first-order valence-electron chi connectivity index (χ1n) is 18.0. The smallest absolute Gasteiger partial charge is 0.143 e. The van der Waals surface area contributed by atoms with E-state index >= 15 is 0 Å². The van der Waals surface area contributed by atoms with Crippen LogP contribution in [0.4, 0.5) is 0 Å². The molecule has 11 rings (SSSR count). The Morgan fingerprint density at radius 3 is 2.33 bits per heavy atom. The third kappa shape index (κ3) is 5.39. The first-order valence-corrected chi connectivity index (χ1v) is 18.0. The van der Waals surface area contributed by atoms with Crippen LogP contribution in [0.25, 0.3) is 82.5 Å². The Balaban J connectivity index is 0.000000236. The summed E-state index contributed by atoms with van der Waals surface area (Å²) in [5.41, 5.74) is 12.1. The molecule has 5 aromatic carbocycles. The van der Waals surface area contributed by atoms with Crippen LogP contribution in [0, 0.1) is 25.0 Å². The van der Waals surface area contributed by atoms with Gasteiger partial charge in [-0.15, -0.1) is 59.7 Å². The fourth-order valence-electron chi connectivity index (χ4n) is 8.34. The van der Waals surface area contributed by atoms with Gasteiger partial charge in [0.15, 0.2) is 0 Å². The number of rotatable bonds is 4. The van der Waals surface area contributed by atoms with Crippen LogP contribution in [0.2, 0.25) is 0 Å². The summed E-state index contributed by atoms with van der Waals surface area (Å²) < 4.78 is 9.34. The minimum Gasteiger partial charge on any atom is -0.455 e. The average Bonchev–Trinajstić information content (AvgIpc) is 3.98. The number of nitrogens with zero attached hydrogens (tertiary/aromatic N) is 3. The van der Waals surface area contributed by atoms with Gasteiger partial charge in [-0.1, -0.05) is 91.7 Å². The molecule has 255 valence electrons. The quantitative estimate of drug-likeness (QED) is 0.166. The third-order valence-electron chi connectivity index (χ3n) is 10.8. The number of pyridine rings is 2. The number of aromatic nitrogens is 3. The molecule has 0 unspecified atom stereocenters. The predicted molar refractivity (Wildman–Crippen MR) is 209 cm³/mol. The van der Waals surface area contributed by atoms with E-state index in [1.165, 1.54) is 74.6 Å². The molecule has 4 nitrogen and oxygen atoms in total. The summed E-state index contributed by atoms with van der Waals surface area (Å²) in [7, 11) is 0. The van der Waals surface area contributed by atoms with E-state index in [2.05, 4.69) is 101 Å². The predicted octanol–water partition coefficient (Wildman–Crippen LogP) is 12.2. The normalized spacial score (nSPS) is 13.4. The van der Waals surface area contributed by atoms with Crippen molar-refractivity contribution in [3.63, 3.8) is 0 Å². The molecule has 0 N–H and O–H groups in total. The summed E-state index contributed by atoms with van der Waals surface area (Å²) in [6.45, 7) is 2.07. The van der Waals surface area contributed by atoms with Crippen LogP contribution in [0.3, 0.4) is 0 Å². The number of para-hydroxylation sites is 2. The second-order valence-electron chi connectivity index (χ2n) is 14.0. The first-order chi connectivity index (χ1) is 25.2. The Kier molecular flexibility index (Phi) is 8.34. The van der Waals surface area contributed by atoms with E-state index in [1.54, 1.807) is 6.20 Å². The number of benzene rings is 5. The number of aryl methyl sites for hydroxylation is 1. The Labute approximate surface area is 315 Å². The minimum atomic E-state index is 0. The van der Waals surface area contributed by atoms with Crippen molar-refractivity contribution in [1.29, 1.82) is 0 Å². The van der Waals surface area contributed by atoms with Crippen LogP contribution >= 0.6 is 0 Å². The van der Waals surface area contributed by atoms with E-state index in [9.17, 15) is 0 Å². The van der Waals surface area contributed by atoms with E-state index in [-0.39, 0.29) is 20.1 Å². The van der Waals surface area contributed by atoms with Crippen molar-refractivity contribution in [2.24, 2.45) is 5.92 Å². The maximum Gasteiger partial charge on any atom is 0.143 e. The van der Waals surface area contributed by atoms with Gasteiger partial charge in [0.25, 0.3) is 0 Å². The van der Waals surface area contributed by atoms with Crippen molar-refractivity contribution < 1.29 is 24.5 Å². The van der Waals surface area contributed by atoms with Crippen LogP contribution in [0.15, 0.2) is 132 Å². The van der Waals surface area contributed by atoms with E-state index in [0.29, 0.717) is 0 Å². The topological polar surface area (TPSA) is 43.3 Å². The van der Waals surface area contributed by atoms with Gasteiger partial charge >= 0.3 is 0 Å². The second-order valence-corrected chi connectivity index (χ2v) is 14.0. The second kappa shape index (κ2) is 13.3. The standard InChI is InChI=1S/C36H27N2O.C11H8N.Ir/c1-21-13-15-30(37-20-21)23-14-16-32-29(18-23)33-34-27(25-10-4-5-12-31(25)38(32)34)19-28-26-11-6-9-24(35(26)39-36(28)33)17-22-7-2-3-8-22;1-2-6-10(7-3-1)11-8-4-5-9-12-11;/h4-6,9-13,15-16,18-20,22H,2-3,7-8,17H2,1H3;1-6,8-9H;/q2*-1;. The van der Waals surface area contributed by atoms with Crippen molar-refractivity contribution in [2.45, 2.75) is 39.0 Å². The maximum atomic E-state index is 6.93. The van der Waals surface area contributed by atoms with Gasteiger partial charge in [0.2, 0.25) is 0 Å². The molecule has 52 heavy (non-hydrogen) atoms. The van der Waals surface area contributed by atoms with Gasteiger partial charge in [-0.3, -0.25) is 0 Å². The van der Waals surface area contributed by atoms with Crippen LogP contribution < -0.4 is 0 Å². The number of fused-ring (bicyclic) bond motifs is 10. The molecule has 0 amide bonds. The number of hydrogen-bond donors (Lipinski definition) is 0. The minimum absolute atomic E-state index is 0. The molecule has 10 aromatic rings. The van der Waals surface area contributed by atoms with E-state index < -0.39 is 0 Å². The maximum absolute atomic E-state index is 6.93. The molecule has 0 saturated heterocycles. The fraction of sp³-hybridized carbons (Fsp3) is 0.149. The molecule has 0 spiro atoms. The van der Waals surface area contributed by atoms with E-state index in [4.69, 9.17) is 9.40 Å². The van der Waals surface area contributed by atoms with Gasteiger partial charge in [0, 0.05) is 64.9 Å². The van der Waals surface area contributed by atoms with Gasteiger partial charge in [0.1, 0.15) is 11.2 Å². The third-order valence-corrected chi connectivity index (χ3v) is 10.8. The van der Waals surface area contributed by atoms with Gasteiger partial charge in [-0.25, -0.2) is 0 Å². The molecular weight excluding hydrogens is 815 g/mol. The largest absolute Gasteiger partial charge is 0.455 e. The summed E-state index contributed by atoms with van der Waals surface area (Å²) in [5, 5.41) is 7.38. The molecule has 1 radical (unpaired) electrons. The summed E-state index contributed by atoms with van der Waals surface area (Å²) in [6, 6.07) is 46.8. The zero-order chi connectivity index (χ0) is 33.9. The molecule has 1 saturated carbocycles. The monoisotopic (exact) mass is 850 g/mol. The van der Waals surface area contributed by atoms with E-state index in [1.807, 2.05) is 48.7 Å². The molecule has 5 heterocycles. The van der Waals surface area contributed by atoms with Crippen molar-refractivity contribution in [3.05, 3.63) is 151 Å². The van der Waals surface area contributed by atoms with Crippen molar-refractivity contribution >= 4 is 60.0 Å². The molecule has 0 bridgehead atoms. The van der Waals surface area contributed by atoms with Gasteiger partial charge in [-0.05, 0) is 65.5 Å². The summed E-state index contributed by atoms with van der Waals surface area (Å²) in [4.78, 5) is 8.92. The van der Waals surface area contributed by atoms with Crippen molar-refractivity contribution in [2.75, 3.05) is 0 Å². The van der Waals surface area contributed by atoms with E-state index in [0.717, 1.165) is 57.1 Å². The average molecular weight is 850 g/mol. The summed E-state index contributed by atoms with van der Waals surface area (Å²) in [6.07, 6.45) is 10.2. The van der Waals surface area contributed by atoms with Crippen LogP contribution in [-0.4, -0.2) is 14.4 Å². The Morgan fingerprint density at radius 1 is 0.692 bits per heavy atom. The molecule has 5 heteroatoms. The fourth-order valence-corrected chi connectivity index (χ4v) is 8.34. The zero-order valence-electron chi connectivity index (χ0n) is 28.8. The first kappa shape index (κ1) is 32.5. The van der Waals surface area contributed by atoms with Crippen LogP contribution in [0.1, 0.15) is 36.8 Å². The molecular formula is C47H35IrN3O-2. The van der Waals surface area contributed by atoms with Crippen LogP contribution in [0.5, 0.6) is 0 Å². The number of hydrogen-bond acceptors (Lipinski definition) is 3. The SMILES string of the molecule is Cc1ccc(-c2[c-]cc3c(c2)c2c4oc5c(CC6CCCC6)cccc5c4cc4c5ccccc5n3c42)nc1.[Ir].[c-]1ccccc1-c1ccccn1. The molecule has 0 atom stereocenters. The van der Waals surface area contributed by atoms with Gasteiger partial charge in [0.05, 0.1) is 5.52 Å². The number of furan rings is 1. The molecule has 5 aromatic heterocycles. The van der Waals surface area contributed by atoms with Crippen molar-refractivity contribution in [1.82, 2.24) is 14.4 Å². The van der Waals surface area contributed by atoms with Crippen LogP contribution in [-0.2, 0) is 26.5 Å². The molecule has 1 aliphatic rings. The van der Waals surface area contributed by atoms with Crippen molar-refractivity contribution in [3.8, 4) is 22.5 Å². The van der Waals surface area contributed by atoms with Gasteiger partial charge < -0.3 is 18.8 Å². The Morgan fingerprint density at radius 2 is 1.52 bits per heavy atom. The summed E-state index contributed by atoms with van der Waals surface area (Å²) >= 11 is 0. The Hall–Kier alpha value is -5.35. The molecule has 1 aliphatic carbocycles.